The van der Waals surface area contributed by atoms with Crippen LogP contribution in [0.5, 0.6) is 0 Å². The van der Waals surface area contributed by atoms with Crippen LogP contribution in [0.25, 0.3) is 11.1 Å². The highest BCUT2D eigenvalue weighted by Gasteiger charge is 2.28. The summed E-state index contributed by atoms with van der Waals surface area (Å²) in [7, 11) is 0. The fourth-order valence-corrected chi connectivity index (χ4v) is 6.68. The first-order chi connectivity index (χ1) is 22.2. The molecule has 2 N–H and O–H groups in total. The van der Waals surface area contributed by atoms with Crippen LogP contribution in [-0.2, 0) is 22.6 Å². The quantitative estimate of drug-likeness (QED) is 0.347. The minimum Gasteiger partial charge on any atom is -0.379 e. The number of aromatic nitrogens is 1. The Kier molecular flexibility index (Phi) is 10.6. The van der Waals surface area contributed by atoms with Crippen molar-refractivity contribution in [3.8, 4) is 23.5 Å². The molecule has 242 valence electrons. The van der Waals surface area contributed by atoms with Gasteiger partial charge in [-0.2, -0.15) is 0 Å². The molecular formula is C37H45N5O4. The number of ether oxygens (including phenoxy) is 1. The van der Waals surface area contributed by atoms with E-state index in [1.807, 2.05) is 32.9 Å². The number of likely N-dealkylation sites (tertiary alicyclic amines) is 1. The predicted octanol–water partition coefficient (Wildman–Crippen LogP) is 4.18. The number of morpholine rings is 1. The van der Waals surface area contributed by atoms with Crippen LogP contribution in [0.3, 0.4) is 0 Å². The molecule has 2 aliphatic rings. The molecule has 0 radical (unpaired) electrons. The number of aryl methyl sites for hydroxylation is 2. The molecule has 3 aromatic rings. The van der Waals surface area contributed by atoms with Gasteiger partial charge in [0.05, 0.1) is 13.2 Å². The summed E-state index contributed by atoms with van der Waals surface area (Å²) in [6, 6.07) is 14.8. The molecule has 0 aliphatic carbocycles. The van der Waals surface area contributed by atoms with Crippen molar-refractivity contribution in [2.45, 2.75) is 59.7 Å². The van der Waals surface area contributed by atoms with Gasteiger partial charge in [0.15, 0.2) is 0 Å². The predicted molar refractivity (Wildman–Crippen MR) is 182 cm³/mol. The van der Waals surface area contributed by atoms with Crippen molar-refractivity contribution in [1.82, 2.24) is 20.1 Å². The van der Waals surface area contributed by atoms with Crippen LogP contribution in [0.1, 0.15) is 58.1 Å². The lowest BCUT2D eigenvalue weighted by molar-refractivity contribution is -0.126. The number of benzene rings is 2. The van der Waals surface area contributed by atoms with E-state index in [1.165, 1.54) is 5.56 Å². The van der Waals surface area contributed by atoms with Crippen molar-refractivity contribution in [1.29, 1.82) is 0 Å². The van der Waals surface area contributed by atoms with Crippen LogP contribution >= 0.6 is 0 Å². The van der Waals surface area contributed by atoms with Crippen molar-refractivity contribution >= 4 is 17.5 Å². The Balaban J connectivity index is 1.46. The summed E-state index contributed by atoms with van der Waals surface area (Å²) in [4.78, 5) is 48.0. The Labute approximate surface area is 271 Å². The van der Waals surface area contributed by atoms with Gasteiger partial charge >= 0.3 is 0 Å². The Morgan fingerprint density at radius 2 is 1.72 bits per heavy atom. The van der Waals surface area contributed by atoms with Gasteiger partial charge in [-0.1, -0.05) is 24.3 Å². The smallest absolute Gasteiger partial charge is 0.298 e. The zero-order chi connectivity index (χ0) is 32.8. The number of amides is 2. The van der Waals surface area contributed by atoms with Crippen LogP contribution in [-0.4, -0.2) is 78.6 Å². The third kappa shape index (κ3) is 7.52. The third-order valence-corrected chi connectivity index (χ3v) is 9.31. The lowest BCUT2D eigenvalue weighted by Crippen LogP contribution is -2.47. The maximum Gasteiger partial charge on any atom is 0.298 e. The first-order valence-corrected chi connectivity index (χ1v) is 16.2. The molecule has 2 saturated heterocycles. The molecule has 46 heavy (non-hydrogen) atoms. The average Bonchev–Trinajstić information content (AvgIpc) is 3.06. The van der Waals surface area contributed by atoms with Crippen LogP contribution in [0.2, 0.25) is 0 Å². The molecule has 1 aromatic heterocycles. The first kappa shape index (κ1) is 33.0. The number of piperidine rings is 1. The number of nitrogens with one attached hydrogen (secondary N) is 2. The second-order valence-electron chi connectivity index (χ2n) is 12.3. The number of carbonyl (C=O) groups excluding carboxylic acids is 2. The Morgan fingerprint density at radius 3 is 2.35 bits per heavy atom. The number of aromatic amines is 1. The number of hydrogen-bond donors (Lipinski definition) is 2. The van der Waals surface area contributed by atoms with Gasteiger partial charge in [-0.3, -0.25) is 19.3 Å². The normalized spacial score (nSPS) is 15.8. The molecule has 5 rings (SSSR count). The maximum atomic E-state index is 13.9. The average molecular weight is 624 g/mol. The van der Waals surface area contributed by atoms with Gasteiger partial charge in [0.1, 0.15) is 0 Å². The summed E-state index contributed by atoms with van der Waals surface area (Å²) in [6.45, 7) is 14.2. The Bertz CT molecular complexity index is 1660. The van der Waals surface area contributed by atoms with Gasteiger partial charge in [-0.25, -0.2) is 0 Å². The van der Waals surface area contributed by atoms with Gasteiger partial charge < -0.3 is 24.8 Å². The molecule has 0 spiro atoms. The zero-order valence-corrected chi connectivity index (χ0v) is 27.4. The summed E-state index contributed by atoms with van der Waals surface area (Å²) in [5.41, 5.74) is 7.65. The molecule has 3 heterocycles. The monoisotopic (exact) mass is 623 g/mol. The molecule has 2 amide bonds. The number of rotatable bonds is 9. The largest absolute Gasteiger partial charge is 0.379 e. The van der Waals surface area contributed by atoms with E-state index >= 15 is 0 Å². The highest BCUT2D eigenvalue weighted by Crippen LogP contribution is 2.34. The van der Waals surface area contributed by atoms with Gasteiger partial charge in [-0.15, -0.1) is 6.42 Å². The van der Waals surface area contributed by atoms with E-state index in [4.69, 9.17) is 11.2 Å². The number of hydrogen-bond acceptors (Lipinski definition) is 6. The van der Waals surface area contributed by atoms with E-state index in [2.05, 4.69) is 63.3 Å². The van der Waals surface area contributed by atoms with Crippen molar-refractivity contribution in [3.63, 3.8) is 0 Å². The molecule has 2 aromatic carbocycles. The number of terminal acetylenes is 1. The van der Waals surface area contributed by atoms with Crippen LogP contribution in [0, 0.1) is 33.1 Å². The van der Waals surface area contributed by atoms with Crippen LogP contribution in [0.4, 0.5) is 5.69 Å². The Morgan fingerprint density at radius 1 is 1.02 bits per heavy atom. The van der Waals surface area contributed by atoms with Gasteiger partial charge in [0.2, 0.25) is 0 Å². The molecule has 0 atom stereocenters. The molecule has 0 saturated carbocycles. The number of H-pyrrole nitrogens is 1. The second kappa shape index (κ2) is 14.8. The summed E-state index contributed by atoms with van der Waals surface area (Å²) in [5.74, 6) is 1.75. The standard InChI is InChI=1S/C37H45N5O4/c1-6-35(43)41-14-12-31(13-15-41)42(7-2)34-22-30(29-10-8-28(9-11-29)24-40-16-18-46-19-17-40)21-32(27(34)5)36(44)38-23-33-25(3)20-26(4)39-37(33)45/h1,8-11,20-22,31H,7,12-19,23-24H2,2-5H3,(H,38,44)(H,39,45). The van der Waals surface area contributed by atoms with E-state index in [0.29, 0.717) is 24.2 Å². The minimum atomic E-state index is -0.265. The molecule has 0 bridgehead atoms. The summed E-state index contributed by atoms with van der Waals surface area (Å²) >= 11 is 0. The summed E-state index contributed by atoms with van der Waals surface area (Å²) < 4.78 is 5.50. The second-order valence-corrected chi connectivity index (χ2v) is 12.3. The highest BCUT2D eigenvalue weighted by atomic mass is 16.5. The van der Waals surface area contributed by atoms with E-state index < -0.39 is 0 Å². The molecule has 9 nitrogen and oxygen atoms in total. The number of pyridine rings is 1. The summed E-state index contributed by atoms with van der Waals surface area (Å²) in [5, 5.41) is 3.02. The molecule has 2 aliphatic heterocycles. The lowest BCUT2D eigenvalue weighted by atomic mass is 9.94. The first-order valence-electron chi connectivity index (χ1n) is 16.2. The summed E-state index contributed by atoms with van der Waals surface area (Å²) in [6.07, 6.45) is 6.96. The minimum absolute atomic E-state index is 0.134. The van der Waals surface area contributed by atoms with Crippen molar-refractivity contribution in [2.24, 2.45) is 0 Å². The van der Waals surface area contributed by atoms with Crippen molar-refractivity contribution in [2.75, 3.05) is 50.8 Å². The molecular weight excluding hydrogens is 578 g/mol. The van der Waals surface area contributed by atoms with Gasteiger partial charge in [0.25, 0.3) is 17.4 Å². The number of carbonyl (C=O) groups is 2. The highest BCUT2D eigenvalue weighted by molar-refractivity contribution is 5.99. The van der Waals surface area contributed by atoms with Gasteiger partial charge in [0, 0.05) is 74.4 Å². The van der Waals surface area contributed by atoms with Gasteiger partial charge in [-0.05, 0) is 92.5 Å². The fourth-order valence-electron chi connectivity index (χ4n) is 6.68. The SMILES string of the molecule is C#CC(=O)N1CCC(N(CC)c2cc(-c3ccc(CN4CCOCC4)cc3)cc(C(=O)NCc3c(C)cc(C)[nH]c3=O)c2C)CC1. The molecule has 2 fully saturated rings. The van der Waals surface area contributed by atoms with Crippen molar-refractivity contribution < 1.29 is 14.3 Å². The lowest BCUT2D eigenvalue weighted by Gasteiger charge is -2.40. The van der Waals surface area contributed by atoms with Crippen LogP contribution in [0.15, 0.2) is 47.3 Å². The molecule has 9 heteroatoms. The molecule has 0 unspecified atom stereocenters. The number of anilines is 1. The van der Waals surface area contributed by atoms with E-state index in [9.17, 15) is 14.4 Å². The Hall–Kier alpha value is -4.39. The van der Waals surface area contributed by atoms with E-state index in [1.54, 1.807) is 4.90 Å². The van der Waals surface area contributed by atoms with Crippen LogP contribution < -0.4 is 15.8 Å². The fraction of sp³-hybridized carbons (Fsp3) is 0.432. The number of nitrogens with zero attached hydrogens (tertiary/aromatic N) is 3. The third-order valence-electron chi connectivity index (χ3n) is 9.31. The maximum absolute atomic E-state index is 13.9. The van der Waals surface area contributed by atoms with E-state index in [-0.39, 0.29) is 30.0 Å². The van der Waals surface area contributed by atoms with Crippen molar-refractivity contribution in [3.05, 3.63) is 86.3 Å². The zero-order valence-electron chi connectivity index (χ0n) is 27.4. The van der Waals surface area contributed by atoms with E-state index in [0.717, 1.165) is 85.9 Å². The topological polar surface area (TPSA) is 98.0 Å².